The number of aryl methyl sites for hydroxylation is 1. The lowest BCUT2D eigenvalue weighted by atomic mass is 10.00. The lowest BCUT2D eigenvalue weighted by Crippen LogP contribution is -2.46. The number of anilines is 1. The van der Waals surface area contributed by atoms with E-state index in [1.807, 2.05) is 6.92 Å². The summed E-state index contributed by atoms with van der Waals surface area (Å²) in [4.78, 5) is 40.8. The Morgan fingerprint density at radius 2 is 1.94 bits per heavy atom. The van der Waals surface area contributed by atoms with Gasteiger partial charge in [-0.2, -0.15) is 0 Å². The number of carboxylic acids is 1. The maximum atomic E-state index is 12.7. The summed E-state index contributed by atoms with van der Waals surface area (Å²) in [6.07, 6.45) is 1.88. The number of amides is 2. The van der Waals surface area contributed by atoms with Gasteiger partial charge in [0.2, 0.25) is 5.91 Å². The molecule has 2 aromatic rings. The van der Waals surface area contributed by atoms with Gasteiger partial charge in [0.1, 0.15) is 6.04 Å². The molecule has 0 fully saturated rings. The number of rotatable bonds is 9. The predicted octanol–water partition coefficient (Wildman–Crippen LogP) is 1.40. The van der Waals surface area contributed by atoms with Crippen LogP contribution in [0, 0.1) is 5.41 Å². The van der Waals surface area contributed by atoms with Gasteiger partial charge >= 0.3 is 5.97 Å². The van der Waals surface area contributed by atoms with Crippen molar-refractivity contribution in [3.05, 3.63) is 59.4 Å². The van der Waals surface area contributed by atoms with Gasteiger partial charge < -0.3 is 26.8 Å². The number of aromatic nitrogens is 1. The second-order valence-corrected chi connectivity index (χ2v) is 6.87. The fraction of sp³-hybridized carbons (Fsp3) is 0.286. The number of aliphatic carboxylic acids is 1. The molecular formula is C21H26N6O4. The molecule has 0 aliphatic heterocycles. The summed E-state index contributed by atoms with van der Waals surface area (Å²) in [5, 5.41) is 24.4. The van der Waals surface area contributed by atoms with E-state index in [0.29, 0.717) is 23.4 Å². The second-order valence-electron chi connectivity index (χ2n) is 6.87. The quantitative estimate of drug-likeness (QED) is 0.260. The molecule has 0 saturated carbocycles. The van der Waals surface area contributed by atoms with Gasteiger partial charge in [-0.1, -0.05) is 19.1 Å². The van der Waals surface area contributed by atoms with Crippen LogP contribution in [-0.4, -0.2) is 39.9 Å². The van der Waals surface area contributed by atoms with Crippen LogP contribution < -0.4 is 21.7 Å². The maximum Gasteiger partial charge on any atom is 0.305 e. The standard InChI is InChI=1S/C21H26N6O4/c1-3-16-15(8-5-9-24-16)17(11-18(28)29)27-19(30)12(2)25-20(31)13-6-4-7-14(10-13)26-21(22)23/h4-10,12,17H,3,11H2,1-2H3,(H,25,31)(H,27,30)(H,28,29)(H4,22,23,26). The van der Waals surface area contributed by atoms with Crippen LogP contribution in [0.5, 0.6) is 0 Å². The van der Waals surface area contributed by atoms with Gasteiger partial charge in [0.05, 0.1) is 12.5 Å². The van der Waals surface area contributed by atoms with E-state index in [9.17, 15) is 19.5 Å². The van der Waals surface area contributed by atoms with Crippen LogP contribution in [0.25, 0.3) is 0 Å². The largest absolute Gasteiger partial charge is 0.481 e. The zero-order chi connectivity index (χ0) is 23.0. The van der Waals surface area contributed by atoms with Crippen molar-refractivity contribution in [1.82, 2.24) is 15.6 Å². The van der Waals surface area contributed by atoms with E-state index in [2.05, 4.69) is 20.9 Å². The second kappa shape index (κ2) is 10.7. The number of carbonyl (C=O) groups is 3. The molecule has 1 aromatic carbocycles. The van der Waals surface area contributed by atoms with Crippen LogP contribution in [0.2, 0.25) is 0 Å². The third-order valence-electron chi connectivity index (χ3n) is 4.48. The first-order valence-corrected chi connectivity index (χ1v) is 9.69. The number of hydrogen-bond acceptors (Lipinski definition) is 5. The molecule has 0 saturated heterocycles. The minimum Gasteiger partial charge on any atom is -0.481 e. The van der Waals surface area contributed by atoms with Crippen molar-refractivity contribution in [2.24, 2.45) is 5.73 Å². The average molecular weight is 426 g/mol. The lowest BCUT2D eigenvalue weighted by Gasteiger charge is -2.22. The van der Waals surface area contributed by atoms with Crippen molar-refractivity contribution < 1.29 is 19.5 Å². The van der Waals surface area contributed by atoms with E-state index in [4.69, 9.17) is 11.1 Å². The highest BCUT2D eigenvalue weighted by Crippen LogP contribution is 2.20. The van der Waals surface area contributed by atoms with Crippen LogP contribution in [0.1, 0.15) is 47.9 Å². The molecule has 0 aliphatic rings. The molecular weight excluding hydrogens is 400 g/mol. The first-order chi connectivity index (χ1) is 14.7. The molecule has 2 atom stereocenters. The van der Waals surface area contributed by atoms with Crippen molar-refractivity contribution in [3.8, 4) is 0 Å². The lowest BCUT2D eigenvalue weighted by molar-refractivity contribution is -0.137. The van der Waals surface area contributed by atoms with Crippen molar-refractivity contribution in [2.75, 3.05) is 5.32 Å². The van der Waals surface area contributed by atoms with Crippen molar-refractivity contribution >= 4 is 29.4 Å². The molecule has 31 heavy (non-hydrogen) atoms. The Balaban J connectivity index is 2.11. The van der Waals surface area contributed by atoms with Gasteiger partial charge in [-0.25, -0.2) is 0 Å². The molecule has 2 amide bonds. The van der Waals surface area contributed by atoms with Crippen LogP contribution in [0.3, 0.4) is 0 Å². The Bertz CT molecular complexity index is 978. The monoisotopic (exact) mass is 426 g/mol. The third-order valence-corrected chi connectivity index (χ3v) is 4.48. The summed E-state index contributed by atoms with van der Waals surface area (Å²) >= 11 is 0. The molecule has 0 aliphatic carbocycles. The van der Waals surface area contributed by atoms with Crippen LogP contribution in [0.4, 0.5) is 5.69 Å². The molecule has 2 unspecified atom stereocenters. The number of pyridine rings is 1. The highest BCUT2D eigenvalue weighted by atomic mass is 16.4. The minimum atomic E-state index is -1.07. The molecule has 2 rings (SSSR count). The molecule has 0 radical (unpaired) electrons. The van der Waals surface area contributed by atoms with Gasteiger partial charge in [0.25, 0.3) is 5.91 Å². The topological polar surface area (TPSA) is 170 Å². The van der Waals surface area contributed by atoms with E-state index < -0.39 is 29.9 Å². The zero-order valence-corrected chi connectivity index (χ0v) is 17.3. The first-order valence-electron chi connectivity index (χ1n) is 9.69. The third kappa shape index (κ3) is 6.81. The van der Waals surface area contributed by atoms with Crippen molar-refractivity contribution in [1.29, 1.82) is 5.41 Å². The Morgan fingerprint density at radius 1 is 1.19 bits per heavy atom. The minimum absolute atomic E-state index is 0.267. The average Bonchev–Trinajstić information content (AvgIpc) is 2.72. The number of nitrogens with zero attached hydrogens (tertiary/aromatic N) is 1. The molecule has 1 aromatic heterocycles. The Kier molecular flexibility index (Phi) is 8.07. The summed E-state index contributed by atoms with van der Waals surface area (Å²) in [7, 11) is 0. The Morgan fingerprint density at radius 3 is 2.58 bits per heavy atom. The van der Waals surface area contributed by atoms with Crippen LogP contribution in [-0.2, 0) is 16.0 Å². The first kappa shape index (κ1) is 23.3. The summed E-state index contributed by atoms with van der Waals surface area (Å²) < 4.78 is 0. The summed E-state index contributed by atoms with van der Waals surface area (Å²) in [6.45, 7) is 3.40. The summed E-state index contributed by atoms with van der Waals surface area (Å²) in [5.74, 6) is -2.36. The molecule has 10 nitrogen and oxygen atoms in total. The van der Waals surface area contributed by atoms with Gasteiger partial charge in [-0.3, -0.25) is 24.8 Å². The van der Waals surface area contributed by atoms with E-state index >= 15 is 0 Å². The number of hydrogen-bond donors (Lipinski definition) is 6. The van der Waals surface area contributed by atoms with Crippen molar-refractivity contribution in [3.63, 3.8) is 0 Å². The number of benzene rings is 1. The van der Waals surface area contributed by atoms with E-state index in [0.717, 1.165) is 0 Å². The molecule has 1 heterocycles. The van der Waals surface area contributed by atoms with E-state index in [1.165, 1.54) is 13.0 Å². The maximum absolute atomic E-state index is 12.7. The van der Waals surface area contributed by atoms with Gasteiger partial charge in [0.15, 0.2) is 5.96 Å². The number of nitrogens with two attached hydrogens (primary N) is 1. The highest BCUT2D eigenvalue weighted by Gasteiger charge is 2.24. The number of nitrogens with one attached hydrogen (secondary N) is 4. The molecule has 10 heteroatoms. The zero-order valence-electron chi connectivity index (χ0n) is 17.3. The highest BCUT2D eigenvalue weighted by molar-refractivity contribution is 5.99. The molecule has 7 N–H and O–H groups in total. The number of guanidine groups is 1. The fourth-order valence-corrected chi connectivity index (χ4v) is 3.01. The van der Waals surface area contributed by atoms with Gasteiger partial charge in [0, 0.05) is 23.1 Å². The fourth-order valence-electron chi connectivity index (χ4n) is 3.01. The number of carboxylic acid groups (broad SMARTS) is 1. The summed E-state index contributed by atoms with van der Waals surface area (Å²) in [5.41, 5.74) is 7.35. The smallest absolute Gasteiger partial charge is 0.305 e. The van der Waals surface area contributed by atoms with Crippen molar-refractivity contribution in [2.45, 2.75) is 38.8 Å². The van der Waals surface area contributed by atoms with E-state index in [1.54, 1.807) is 36.5 Å². The predicted molar refractivity (Wildman–Crippen MR) is 116 cm³/mol. The molecule has 0 bridgehead atoms. The van der Waals surface area contributed by atoms with E-state index in [-0.39, 0.29) is 17.9 Å². The Hall–Kier alpha value is -3.95. The van der Waals surface area contributed by atoms with Gasteiger partial charge in [-0.15, -0.1) is 0 Å². The molecule has 0 spiro atoms. The van der Waals surface area contributed by atoms with Crippen LogP contribution >= 0.6 is 0 Å². The van der Waals surface area contributed by atoms with Crippen LogP contribution in [0.15, 0.2) is 42.6 Å². The SMILES string of the molecule is CCc1ncccc1C(CC(=O)O)NC(=O)C(C)NC(=O)c1cccc(NC(=N)N)c1. The van der Waals surface area contributed by atoms with Gasteiger partial charge in [-0.05, 0) is 43.2 Å². The number of carbonyl (C=O) groups excluding carboxylic acids is 2. The normalized spacial score (nSPS) is 12.3. The molecule has 164 valence electrons. The Labute approximate surface area is 179 Å². The summed E-state index contributed by atoms with van der Waals surface area (Å²) in [6, 6.07) is 8.02.